The number of hydrogen-bond donors (Lipinski definition) is 1. The predicted octanol–water partition coefficient (Wildman–Crippen LogP) is 3.94. The van der Waals surface area contributed by atoms with Crippen LogP contribution in [0, 0.1) is 0 Å². The monoisotopic (exact) mass is 365 g/mol. The molecular formula is C19H18F3NO3. The van der Waals surface area contributed by atoms with Gasteiger partial charge in [-0.15, -0.1) is 0 Å². The van der Waals surface area contributed by atoms with Crippen molar-refractivity contribution in [3.63, 3.8) is 0 Å². The second kappa shape index (κ2) is 7.37. The summed E-state index contributed by atoms with van der Waals surface area (Å²) in [6.07, 6.45) is -9.18. The summed E-state index contributed by atoms with van der Waals surface area (Å²) >= 11 is 0. The van der Waals surface area contributed by atoms with Gasteiger partial charge in [0.2, 0.25) is 6.10 Å². The Bertz CT molecular complexity index is 737. The van der Waals surface area contributed by atoms with Crippen molar-refractivity contribution in [3.05, 3.63) is 66.2 Å². The summed E-state index contributed by atoms with van der Waals surface area (Å²) in [5.74, 6) is 0. The Morgan fingerprint density at radius 1 is 1.04 bits per heavy atom. The molecule has 0 spiro atoms. The van der Waals surface area contributed by atoms with Crippen molar-refractivity contribution in [3.8, 4) is 0 Å². The lowest BCUT2D eigenvalue weighted by Crippen LogP contribution is -2.50. The van der Waals surface area contributed by atoms with E-state index in [4.69, 9.17) is 0 Å². The van der Waals surface area contributed by atoms with Gasteiger partial charge in [0.1, 0.15) is 6.04 Å². The highest BCUT2D eigenvalue weighted by Crippen LogP contribution is 2.38. The summed E-state index contributed by atoms with van der Waals surface area (Å²) in [7, 11) is 0. The number of para-hydroxylation sites is 1. The van der Waals surface area contributed by atoms with Crippen LogP contribution in [0.1, 0.15) is 12.0 Å². The molecule has 0 saturated carbocycles. The fraction of sp³-hybridized carbons (Fsp3) is 0.316. The van der Waals surface area contributed by atoms with Crippen molar-refractivity contribution in [2.45, 2.75) is 37.3 Å². The van der Waals surface area contributed by atoms with Crippen LogP contribution in [0.4, 0.5) is 23.7 Å². The first-order valence-electron chi connectivity index (χ1n) is 8.21. The third kappa shape index (κ3) is 3.83. The summed E-state index contributed by atoms with van der Waals surface area (Å²) in [5.41, 5.74) is 1.15. The highest BCUT2D eigenvalue weighted by molar-refractivity contribution is 5.91. The van der Waals surface area contributed by atoms with Gasteiger partial charge in [0.05, 0.1) is 6.10 Å². The maximum absolute atomic E-state index is 13.4. The lowest BCUT2D eigenvalue weighted by Gasteiger charge is -2.29. The number of hydrogen-bond acceptors (Lipinski definition) is 3. The van der Waals surface area contributed by atoms with Crippen molar-refractivity contribution in [2.24, 2.45) is 0 Å². The largest absolute Gasteiger partial charge is 0.434 e. The van der Waals surface area contributed by atoms with Gasteiger partial charge in [-0.3, -0.25) is 4.90 Å². The summed E-state index contributed by atoms with van der Waals surface area (Å²) in [5, 5.41) is 10.5. The number of nitrogens with zero attached hydrogens (tertiary/aromatic N) is 1. The Morgan fingerprint density at radius 2 is 1.62 bits per heavy atom. The number of amides is 1. The van der Waals surface area contributed by atoms with E-state index in [1.54, 1.807) is 18.2 Å². The second-order valence-corrected chi connectivity index (χ2v) is 6.13. The van der Waals surface area contributed by atoms with Crippen molar-refractivity contribution >= 4 is 11.8 Å². The minimum absolute atomic E-state index is 0.0707. The molecule has 3 rings (SSSR count). The Balaban J connectivity index is 1.85. The molecule has 1 aliphatic heterocycles. The molecule has 1 aliphatic rings. The number of alkyl halides is 3. The standard InChI is InChI=1S/C19H18F3NO3/c20-19(21,22)17-16(15(24)12-11-13-7-3-1-4-8-13)23(18(25)26-17)14-9-5-2-6-10-14/h1-10,15-17,24H,11-12H2/t15-,16-,17+/m1/s1. The van der Waals surface area contributed by atoms with E-state index in [0.29, 0.717) is 6.42 Å². The van der Waals surface area contributed by atoms with E-state index >= 15 is 0 Å². The van der Waals surface area contributed by atoms with Crippen LogP contribution in [-0.4, -0.2) is 35.6 Å². The quantitative estimate of drug-likeness (QED) is 0.873. The highest BCUT2D eigenvalue weighted by atomic mass is 19.4. The van der Waals surface area contributed by atoms with Gasteiger partial charge in [-0.1, -0.05) is 48.5 Å². The van der Waals surface area contributed by atoms with E-state index in [2.05, 4.69) is 4.74 Å². The molecule has 1 saturated heterocycles. The minimum atomic E-state index is -4.77. The molecule has 1 fully saturated rings. The Labute approximate surface area is 148 Å². The van der Waals surface area contributed by atoms with Gasteiger partial charge in [0, 0.05) is 5.69 Å². The molecule has 1 heterocycles. The molecule has 2 aromatic rings. The number of aliphatic hydroxyl groups is 1. The number of benzene rings is 2. The number of halogens is 3. The van der Waals surface area contributed by atoms with E-state index in [9.17, 15) is 23.1 Å². The molecule has 1 amide bonds. The fourth-order valence-corrected chi connectivity index (χ4v) is 3.12. The molecule has 7 heteroatoms. The first kappa shape index (κ1) is 18.3. The van der Waals surface area contributed by atoms with E-state index in [1.165, 1.54) is 12.1 Å². The molecule has 2 aromatic carbocycles. The van der Waals surface area contributed by atoms with Gasteiger partial charge in [-0.05, 0) is 30.5 Å². The van der Waals surface area contributed by atoms with Crippen LogP contribution in [0.15, 0.2) is 60.7 Å². The Kier molecular flexibility index (Phi) is 5.18. The smallest absolute Gasteiger partial charge is 0.427 e. The van der Waals surface area contributed by atoms with Gasteiger partial charge >= 0.3 is 12.3 Å². The van der Waals surface area contributed by atoms with Crippen molar-refractivity contribution in [1.82, 2.24) is 0 Å². The van der Waals surface area contributed by atoms with Crippen LogP contribution < -0.4 is 4.90 Å². The van der Waals surface area contributed by atoms with Gasteiger partial charge in [-0.2, -0.15) is 13.2 Å². The van der Waals surface area contributed by atoms with Gasteiger partial charge in [0.15, 0.2) is 0 Å². The van der Waals surface area contributed by atoms with Crippen molar-refractivity contribution in [2.75, 3.05) is 4.90 Å². The molecule has 3 atom stereocenters. The Morgan fingerprint density at radius 3 is 2.19 bits per heavy atom. The second-order valence-electron chi connectivity index (χ2n) is 6.13. The lowest BCUT2D eigenvalue weighted by atomic mass is 9.97. The van der Waals surface area contributed by atoms with Crippen LogP contribution in [0.5, 0.6) is 0 Å². The average molecular weight is 365 g/mol. The van der Waals surface area contributed by atoms with Gasteiger partial charge in [-0.25, -0.2) is 4.79 Å². The van der Waals surface area contributed by atoms with Crippen LogP contribution in [0.2, 0.25) is 0 Å². The number of aryl methyl sites for hydroxylation is 1. The Hall–Kier alpha value is -2.54. The third-order valence-corrected chi connectivity index (χ3v) is 4.36. The summed E-state index contributed by atoms with van der Waals surface area (Å²) < 4.78 is 44.7. The first-order valence-corrected chi connectivity index (χ1v) is 8.21. The molecule has 1 N–H and O–H groups in total. The first-order chi connectivity index (χ1) is 12.4. The number of carbonyl (C=O) groups is 1. The number of ether oxygens (including phenoxy) is 1. The summed E-state index contributed by atoms with van der Waals surface area (Å²) in [4.78, 5) is 13.0. The molecule has 0 radical (unpaired) electrons. The van der Waals surface area contributed by atoms with E-state index in [1.807, 2.05) is 30.3 Å². The van der Waals surface area contributed by atoms with E-state index < -0.39 is 30.5 Å². The lowest BCUT2D eigenvalue weighted by molar-refractivity contribution is -0.204. The normalized spacial score (nSPS) is 21.5. The van der Waals surface area contributed by atoms with E-state index in [-0.39, 0.29) is 12.1 Å². The molecule has 0 unspecified atom stereocenters. The fourth-order valence-electron chi connectivity index (χ4n) is 3.12. The molecule has 0 bridgehead atoms. The van der Waals surface area contributed by atoms with Crippen molar-refractivity contribution < 1.29 is 27.8 Å². The molecule has 0 aromatic heterocycles. The number of anilines is 1. The number of rotatable bonds is 5. The minimum Gasteiger partial charge on any atom is -0.434 e. The van der Waals surface area contributed by atoms with Gasteiger partial charge < -0.3 is 9.84 Å². The number of cyclic esters (lactones) is 1. The SMILES string of the molecule is O=C1O[C@H](C(F)(F)F)[C@@H]([C@H](O)CCc2ccccc2)N1c1ccccc1. The third-order valence-electron chi connectivity index (χ3n) is 4.36. The maximum Gasteiger partial charge on any atom is 0.427 e. The van der Waals surface area contributed by atoms with Crippen LogP contribution in [-0.2, 0) is 11.2 Å². The predicted molar refractivity (Wildman–Crippen MR) is 89.8 cm³/mol. The molecule has 26 heavy (non-hydrogen) atoms. The van der Waals surface area contributed by atoms with Crippen molar-refractivity contribution in [1.29, 1.82) is 0 Å². The van der Waals surface area contributed by atoms with E-state index in [0.717, 1.165) is 10.5 Å². The zero-order valence-corrected chi connectivity index (χ0v) is 13.8. The zero-order chi connectivity index (χ0) is 18.7. The van der Waals surface area contributed by atoms with Gasteiger partial charge in [0.25, 0.3) is 0 Å². The zero-order valence-electron chi connectivity index (χ0n) is 13.8. The average Bonchev–Trinajstić information content (AvgIpc) is 2.99. The summed E-state index contributed by atoms with van der Waals surface area (Å²) in [6.45, 7) is 0. The molecule has 4 nitrogen and oxygen atoms in total. The summed E-state index contributed by atoms with van der Waals surface area (Å²) in [6, 6.07) is 15.5. The molecular weight excluding hydrogens is 347 g/mol. The topological polar surface area (TPSA) is 49.8 Å². The van der Waals surface area contributed by atoms with Crippen LogP contribution in [0.3, 0.4) is 0 Å². The maximum atomic E-state index is 13.4. The molecule has 0 aliphatic carbocycles. The molecule has 138 valence electrons. The number of carbonyl (C=O) groups excluding carboxylic acids is 1. The van der Waals surface area contributed by atoms with Crippen LogP contribution in [0.25, 0.3) is 0 Å². The number of aliphatic hydroxyl groups excluding tert-OH is 1. The van der Waals surface area contributed by atoms with Crippen LogP contribution >= 0.6 is 0 Å². The highest BCUT2D eigenvalue weighted by Gasteiger charge is 2.58.